The van der Waals surface area contributed by atoms with Crippen molar-refractivity contribution in [2.75, 3.05) is 19.0 Å². The van der Waals surface area contributed by atoms with E-state index < -0.39 is 29.7 Å². The fourth-order valence-electron chi connectivity index (χ4n) is 4.63. The minimum absolute atomic E-state index is 0.230. The highest BCUT2D eigenvalue weighted by Gasteiger charge is 2.36. The summed E-state index contributed by atoms with van der Waals surface area (Å²) in [6.07, 6.45) is -0.469. The second kappa shape index (κ2) is 13.8. The van der Waals surface area contributed by atoms with E-state index in [0.29, 0.717) is 17.0 Å². The van der Waals surface area contributed by atoms with Crippen LogP contribution >= 0.6 is 0 Å². The summed E-state index contributed by atoms with van der Waals surface area (Å²) < 4.78 is 10.7. The number of hydrogen-bond donors (Lipinski definition) is 2. The number of nitrogens with one attached hydrogen (secondary N) is 2. The normalized spacial score (nSPS) is 12.6. The molecule has 0 bridgehead atoms. The van der Waals surface area contributed by atoms with Crippen molar-refractivity contribution in [3.8, 4) is 5.75 Å². The fourth-order valence-corrected chi connectivity index (χ4v) is 4.63. The maximum atomic E-state index is 14.3. The molecule has 8 heteroatoms. The van der Waals surface area contributed by atoms with E-state index in [4.69, 9.17) is 9.47 Å². The summed E-state index contributed by atoms with van der Waals surface area (Å²) in [7, 11) is 1.58. The van der Waals surface area contributed by atoms with Gasteiger partial charge in [0.25, 0.3) is 5.91 Å². The Morgan fingerprint density at radius 2 is 1.59 bits per heavy atom. The third kappa shape index (κ3) is 8.83. The number of nitrogens with zero attached hydrogens (tertiary/aromatic N) is 1. The molecule has 3 aromatic carbocycles. The van der Waals surface area contributed by atoms with Crippen LogP contribution < -0.4 is 15.4 Å². The number of methoxy groups -OCH3 is 1. The zero-order valence-electron chi connectivity index (χ0n) is 25.0. The number of alkyl carbamates (subject to hydrolysis) is 1. The maximum Gasteiger partial charge on any atom is 0.408 e. The van der Waals surface area contributed by atoms with Gasteiger partial charge in [-0.2, -0.15) is 0 Å². The van der Waals surface area contributed by atoms with Gasteiger partial charge in [0, 0.05) is 18.7 Å². The van der Waals surface area contributed by atoms with Crippen molar-refractivity contribution in [3.05, 3.63) is 95.1 Å². The molecule has 0 spiro atoms. The van der Waals surface area contributed by atoms with Crippen LogP contribution in [0.5, 0.6) is 5.75 Å². The van der Waals surface area contributed by atoms with Crippen LogP contribution in [0.3, 0.4) is 0 Å². The second-order valence-electron chi connectivity index (χ2n) is 11.0. The van der Waals surface area contributed by atoms with Gasteiger partial charge in [-0.1, -0.05) is 54.1 Å². The van der Waals surface area contributed by atoms with Crippen LogP contribution in [0.25, 0.3) is 0 Å². The quantitative estimate of drug-likeness (QED) is 0.319. The van der Waals surface area contributed by atoms with Crippen LogP contribution in [0, 0.1) is 13.8 Å². The zero-order valence-corrected chi connectivity index (χ0v) is 25.0. The Morgan fingerprint density at radius 3 is 2.15 bits per heavy atom. The maximum absolute atomic E-state index is 14.3. The van der Waals surface area contributed by atoms with Crippen molar-refractivity contribution in [1.82, 2.24) is 10.2 Å². The molecule has 2 atom stereocenters. The number of anilines is 1. The van der Waals surface area contributed by atoms with Crippen LogP contribution in [0.4, 0.5) is 10.5 Å². The fraction of sp³-hybridized carbons (Fsp3) is 0.364. The van der Waals surface area contributed by atoms with E-state index in [1.54, 1.807) is 52.1 Å². The molecular formula is C33H41N3O5. The monoisotopic (exact) mass is 559 g/mol. The van der Waals surface area contributed by atoms with Crippen LogP contribution in [0.15, 0.2) is 72.8 Å². The third-order valence-corrected chi connectivity index (χ3v) is 6.53. The molecule has 3 aromatic rings. The molecule has 41 heavy (non-hydrogen) atoms. The first-order chi connectivity index (χ1) is 19.4. The van der Waals surface area contributed by atoms with E-state index in [1.165, 1.54) is 4.90 Å². The molecule has 0 radical (unpaired) electrons. The summed E-state index contributed by atoms with van der Waals surface area (Å²) in [6, 6.07) is 20.3. The predicted octanol–water partition coefficient (Wildman–Crippen LogP) is 5.98. The summed E-state index contributed by atoms with van der Waals surface area (Å²) in [5.41, 5.74) is 3.32. The lowest BCUT2D eigenvalue weighted by atomic mass is 9.95. The molecule has 0 saturated carbocycles. The minimum atomic E-state index is -0.964. The first-order valence-corrected chi connectivity index (χ1v) is 13.8. The Morgan fingerprint density at radius 1 is 0.927 bits per heavy atom. The van der Waals surface area contributed by atoms with Gasteiger partial charge < -0.3 is 25.0 Å². The van der Waals surface area contributed by atoms with E-state index in [2.05, 4.69) is 10.6 Å². The molecule has 3 amide bonds. The highest BCUT2D eigenvalue weighted by Crippen LogP contribution is 2.28. The topological polar surface area (TPSA) is 97.0 Å². The van der Waals surface area contributed by atoms with Crippen molar-refractivity contribution in [3.63, 3.8) is 0 Å². The van der Waals surface area contributed by atoms with Gasteiger partial charge in [0.05, 0.1) is 7.11 Å². The first kappa shape index (κ1) is 31.2. The summed E-state index contributed by atoms with van der Waals surface area (Å²) in [4.78, 5) is 42.6. The van der Waals surface area contributed by atoms with Gasteiger partial charge in [0.1, 0.15) is 23.4 Å². The van der Waals surface area contributed by atoms with Crippen LogP contribution in [0.1, 0.15) is 56.0 Å². The molecular weight excluding hydrogens is 518 g/mol. The average Bonchev–Trinajstić information content (AvgIpc) is 2.91. The van der Waals surface area contributed by atoms with Gasteiger partial charge >= 0.3 is 6.09 Å². The van der Waals surface area contributed by atoms with E-state index in [0.717, 1.165) is 16.7 Å². The van der Waals surface area contributed by atoms with Crippen molar-refractivity contribution in [1.29, 1.82) is 0 Å². The molecule has 0 aliphatic heterocycles. The highest BCUT2D eigenvalue weighted by molar-refractivity contribution is 5.99. The number of amides is 3. The summed E-state index contributed by atoms with van der Waals surface area (Å²) in [6.45, 7) is 11.2. The number of aryl methyl sites for hydroxylation is 2. The van der Waals surface area contributed by atoms with Gasteiger partial charge in [0.2, 0.25) is 5.91 Å². The molecule has 8 nitrogen and oxygen atoms in total. The lowest BCUT2D eigenvalue weighted by Gasteiger charge is -2.34. The molecule has 0 aliphatic carbocycles. The van der Waals surface area contributed by atoms with E-state index >= 15 is 0 Å². The zero-order chi connectivity index (χ0) is 30.2. The van der Waals surface area contributed by atoms with E-state index in [9.17, 15) is 14.4 Å². The lowest BCUT2D eigenvalue weighted by Crippen LogP contribution is -2.53. The number of hydrogen-bond acceptors (Lipinski definition) is 5. The Kier molecular flexibility index (Phi) is 10.5. The van der Waals surface area contributed by atoms with Crippen LogP contribution in [-0.2, 0) is 20.7 Å². The van der Waals surface area contributed by atoms with Crippen LogP contribution in [-0.4, -0.2) is 48.1 Å². The molecule has 2 unspecified atom stereocenters. The molecule has 2 N–H and O–H groups in total. The van der Waals surface area contributed by atoms with Gasteiger partial charge in [-0.25, -0.2) is 4.79 Å². The van der Waals surface area contributed by atoms with Gasteiger partial charge in [-0.05, 0) is 82.5 Å². The Labute approximate surface area is 243 Å². The summed E-state index contributed by atoms with van der Waals surface area (Å²) >= 11 is 0. The van der Waals surface area contributed by atoms with E-state index in [-0.39, 0.29) is 18.9 Å². The number of carbonyl (C=O) groups excluding carboxylic acids is 3. The average molecular weight is 560 g/mol. The van der Waals surface area contributed by atoms with E-state index in [1.807, 2.05) is 69.3 Å². The third-order valence-electron chi connectivity index (χ3n) is 6.53. The second-order valence-corrected chi connectivity index (χ2v) is 11.0. The predicted molar refractivity (Wildman–Crippen MR) is 161 cm³/mol. The number of rotatable bonds is 10. The Hall–Kier alpha value is -4.33. The standard InChI is InChI=1S/C33H41N3O5/c1-8-36(31(38)28(21-24-12-10-9-11-13-24)35-32(39)41-33(4,5)6)29(27-19-14-22(2)20-23(27)3)30(37)34-25-15-17-26(40-7)18-16-25/h9-20,28-29H,8,21H2,1-7H3,(H,34,37)(H,35,39). The minimum Gasteiger partial charge on any atom is -0.497 e. The first-order valence-electron chi connectivity index (χ1n) is 13.8. The van der Waals surface area contributed by atoms with Crippen LogP contribution in [0.2, 0.25) is 0 Å². The number of ether oxygens (including phenoxy) is 2. The van der Waals surface area contributed by atoms with Crippen molar-refractivity contribution >= 4 is 23.6 Å². The van der Waals surface area contributed by atoms with Crippen molar-refractivity contribution < 1.29 is 23.9 Å². The highest BCUT2D eigenvalue weighted by atomic mass is 16.6. The molecule has 0 heterocycles. The number of likely N-dealkylation sites (N-methyl/N-ethyl adjacent to an activating group) is 1. The van der Waals surface area contributed by atoms with Gasteiger partial charge in [-0.15, -0.1) is 0 Å². The smallest absolute Gasteiger partial charge is 0.408 e. The summed E-state index contributed by atoms with van der Waals surface area (Å²) in [5, 5.41) is 5.73. The van der Waals surface area contributed by atoms with Crippen molar-refractivity contribution in [2.24, 2.45) is 0 Å². The number of benzene rings is 3. The van der Waals surface area contributed by atoms with Crippen molar-refractivity contribution in [2.45, 2.75) is 65.6 Å². The molecule has 0 aliphatic rings. The largest absolute Gasteiger partial charge is 0.497 e. The Balaban J connectivity index is 2.01. The molecule has 0 aromatic heterocycles. The Bertz CT molecular complexity index is 1330. The molecule has 3 rings (SSSR count). The molecule has 0 fully saturated rings. The summed E-state index contributed by atoms with van der Waals surface area (Å²) in [5.74, 6) is -0.0959. The number of carbonyl (C=O) groups is 3. The molecule has 0 saturated heterocycles. The van der Waals surface area contributed by atoms with Gasteiger partial charge in [0.15, 0.2) is 0 Å². The van der Waals surface area contributed by atoms with Gasteiger partial charge in [-0.3, -0.25) is 9.59 Å². The molecule has 218 valence electrons. The SMILES string of the molecule is CCN(C(=O)C(Cc1ccccc1)NC(=O)OC(C)(C)C)C(C(=O)Nc1ccc(OC)cc1)c1ccc(C)cc1C. The lowest BCUT2D eigenvalue weighted by molar-refractivity contribution is -0.140.